The summed E-state index contributed by atoms with van der Waals surface area (Å²) in [5.74, 6) is -0.238. The lowest BCUT2D eigenvalue weighted by molar-refractivity contribution is -0.141. The number of aromatic nitrogens is 1. The molecule has 0 saturated carbocycles. The van der Waals surface area contributed by atoms with Gasteiger partial charge in [-0.15, -0.1) is 0 Å². The first-order valence-corrected chi connectivity index (χ1v) is 5.39. The first-order chi connectivity index (χ1) is 8.13. The molecule has 0 aliphatic heterocycles. The van der Waals surface area contributed by atoms with Gasteiger partial charge in [0.2, 0.25) is 0 Å². The Morgan fingerprint density at radius 1 is 1.41 bits per heavy atom. The normalized spacial score (nSPS) is 10.0. The fraction of sp³-hybridized carbons (Fsp3) is 0.545. The summed E-state index contributed by atoms with van der Waals surface area (Å²) in [6, 6.07) is 1.53. The molecule has 1 heterocycles. The van der Waals surface area contributed by atoms with Crippen LogP contribution in [0.25, 0.3) is 0 Å². The summed E-state index contributed by atoms with van der Waals surface area (Å²) < 4.78 is 14.5. The Morgan fingerprint density at radius 3 is 2.82 bits per heavy atom. The zero-order valence-corrected chi connectivity index (χ0v) is 9.89. The molecular formula is C11H15NO5. The second kappa shape index (κ2) is 6.67. The monoisotopic (exact) mass is 241 g/mol. The molecule has 1 aromatic heterocycles. The summed E-state index contributed by atoms with van der Waals surface area (Å²) in [7, 11) is 0. The Balaban J connectivity index is 2.35. The van der Waals surface area contributed by atoms with E-state index in [1.165, 1.54) is 13.0 Å². The number of rotatable bonds is 6. The van der Waals surface area contributed by atoms with Crippen LogP contribution in [0.2, 0.25) is 0 Å². The second-order valence-corrected chi connectivity index (χ2v) is 3.34. The molecule has 0 bridgehead atoms. The van der Waals surface area contributed by atoms with Gasteiger partial charge in [0, 0.05) is 19.4 Å². The van der Waals surface area contributed by atoms with E-state index in [1.54, 1.807) is 6.92 Å². The molecule has 0 aliphatic carbocycles. The van der Waals surface area contributed by atoms with Crippen molar-refractivity contribution in [1.29, 1.82) is 0 Å². The van der Waals surface area contributed by atoms with Crippen LogP contribution in [0.3, 0.4) is 0 Å². The number of hydrogen-bond donors (Lipinski definition) is 0. The lowest BCUT2D eigenvalue weighted by atomic mass is 10.2. The molecule has 0 atom stereocenters. The molecule has 0 radical (unpaired) electrons. The van der Waals surface area contributed by atoms with E-state index in [1.807, 2.05) is 0 Å². The maximum atomic E-state index is 11.3. The summed E-state index contributed by atoms with van der Waals surface area (Å²) in [6.07, 6.45) is 1.18. The number of carbonyl (C=O) groups is 2. The molecule has 0 aliphatic rings. The fourth-order valence-corrected chi connectivity index (χ4v) is 1.19. The molecule has 0 aromatic carbocycles. The minimum absolute atomic E-state index is 0.161. The SMILES string of the molecule is CCOC(=O)c1cc(CCCOC(C)=O)on1. The standard InChI is InChI=1S/C11H15NO5/c1-3-15-11(14)10-7-9(17-12-10)5-4-6-16-8(2)13/h7H,3-6H2,1-2H3. The maximum absolute atomic E-state index is 11.3. The number of ether oxygens (including phenoxy) is 2. The third kappa shape index (κ3) is 4.67. The molecule has 0 spiro atoms. The third-order valence-electron chi connectivity index (χ3n) is 1.92. The van der Waals surface area contributed by atoms with Crippen LogP contribution in [0.15, 0.2) is 10.6 Å². The molecule has 0 N–H and O–H groups in total. The van der Waals surface area contributed by atoms with Gasteiger partial charge in [0.25, 0.3) is 0 Å². The van der Waals surface area contributed by atoms with Gasteiger partial charge in [-0.1, -0.05) is 5.16 Å². The van der Waals surface area contributed by atoms with E-state index in [4.69, 9.17) is 14.0 Å². The van der Waals surface area contributed by atoms with Crippen molar-refractivity contribution >= 4 is 11.9 Å². The second-order valence-electron chi connectivity index (χ2n) is 3.34. The van der Waals surface area contributed by atoms with Crippen molar-refractivity contribution in [2.24, 2.45) is 0 Å². The van der Waals surface area contributed by atoms with Crippen molar-refractivity contribution in [3.8, 4) is 0 Å². The largest absolute Gasteiger partial charge is 0.466 e. The molecule has 0 saturated heterocycles. The number of esters is 2. The van der Waals surface area contributed by atoms with Gasteiger partial charge in [-0.05, 0) is 13.3 Å². The Morgan fingerprint density at radius 2 is 2.18 bits per heavy atom. The molecule has 0 amide bonds. The van der Waals surface area contributed by atoms with Crippen LogP contribution in [-0.4, -0.2) is 30.3 Å². The molecule has 17 heavy (non-hydrogen) atoms. The van der Waals surface area contributed by atoms with Crippen LogP contribution >= 0.6 is 0 Å². The molecule has 94 valence electrons. The predicted molar refractivity (Wildman–Crippen MR) is 57.4 cm³/mol. The van der Waals surface area contributed by atoms with E-state index >= 15 is 0 Å². The van der Waals surface area contributed by atoms with Gasteiger partial charge >= 0.3 is 11.9 Å². The minimum atomic E-state index is -0.498. The highest BCUT2D eigenvalue weighted by Crippen LogP contribution is 2.07. The molecule has 6 heteroatoms. The number of carbonyl (C=O) groups excluding carboxylic acids is 2. The van der Waals surface area contributed by atoms with Crippen LogP contribution in [0.1, 0.15) is 36.5 Å². The van der Waals surface area contributed by atoms with E-state index in [0.717, 1.165) is 0 Å². The zero-order chi connectivity index (χ0) is 12.7. The van der Waals surface area contributed by atoms with Crippen molar-refractivity contribution < 1.29 is 23.6 Å². The summed E-state index contributed by atoms with van der Waals surface area (Å²) in [6.45, 7) is 3.70. The van der Waals surface area contributed by atoms with Crippen molar-refractivity contribution in [3.05, 3.63) is 17.5 Å². The summed E-state index contributed by atoms with van der Waals surface area (Å²) in [5.41, 5.74) is 0.161. The fourth-order valence-electron chi connectivity index (χ4n) is 1.19. The molecule has 6 nitrogen and oxygen atoms in total. The smallest absolute Gasteiger partial charge is 0.360 e. The molecule has 0 unspecified atom stereocenters. The Bertz CT molecular complexity index is 385. The topological polar surface area (TPSA) is 78.6 Å². The Hall–Kier alpha value is -1.85. The van der Waals surface area contributed by atoms with E-state index in [0.29, 0.717) is 31.8 Å². The average molecular weight is 241 g/mol. The molecule has 0 fully saturated rings. The van der Waals surface area contributed by atoms with Gasteiger partial charge in [0.05, 0.1) is 13.2 Å². The first kappa shape index (κ1) is 13.2. The number of hydrogen-bond acceptors (Lipinski definition) is 6. The van der Waals surface area contributed by atoms with E-state index in [2.05, 4.69) is 5.16 Å². The van der Waals surface area contributed by atoms with Crippen LogP contribution in [-0.2, 0) is 20.7 Å². The highest BCUT2D eigenvalue weighted by atomic mass is 16.5. The summed E-state index contributed by atoms with van der Waals surface area (Å²) in [5, 5.41) is 3.59. The van der Waals surface area contributed by atoms with Crippen LogP contribution < -0.4 is 0 Å². The lowest BCUT2D eigenvalue weighted by Gasteiger charge is -1.98. The highest BCUT2D eigenvalue weighted by Gasteiger charge is 2.13. The highest BCUT2D eigenvalue weighted by molar-refractivity contribution is 5.87. The van der Waals surface area contributed by atoms with Crippen molar-refractivity contribution in [1.82, 2.24) is 5.16 Å². The maximum Gasteiger partial charge on any atom is 0.360 e. The molecule has 1 aromatic rings. The Labute approximate surface area is 98.9 Å². The van der Waals surface area contributed by atoms with Crippen molar-refractivity contribution in [2.75, 3.05) is 13.2 Å². The average Bonchev–Trinajstić information content (AvgIpc) is 2.73. The molecular weight excluding hydrogens is 226 g/mol. The summed E-state index contributed by atoms with van der Waals surface area (Å²) >= 11 is 0. The number of aryl methyl sites for hydroxylation is 1. The van der Waals surface area contributed by atoms with E-state index < -0.39 is 5.97 Å². The van der Waals surface area contributed by atoms with Crippen LogP contribution in [0, 0.1) is 0 Å². The van der Waals surface area contributed by atoms with Gasteiger partial charge in [0.1, 0.15) is 5.76 Å². The number of nitrogens with zero attached hydrogens (tertiary/aromatic N) is 1. The predicted octanol–water partition coefficient (Wildman–Crippen LogP) is 1.35. The van der Waals surface area contributed by atoms with Crippen LogP contribution in [0.5, 0.6) is 0 Å². The lowest BCUT2D eigenvalue weighted by Crippen LogP contribution is -2.04. The van der Waals surface area contributed by atoms with E-state index in [-0.39, 0.29) is 11.7 Å². The van der Waals surface area contributed by atoms with Crippen molar-refractivity contribution in [3.63, 3.8) is 0 Å². The zero-order valence-electron chi connectivity index (χ0n) is 9.89. The van der Waals surface area contributed by atoms with Gasteiger partial charge < -0.3 is 14.0 Å². The third-order valence-corrected chi connectivity index (χ3v) is 1.92. The van der Waals surface area contributed by atoms with Crippen molar-refractivity contribution in [2.45, 2.75) is 26.7 Å². The van der Waals surface area contributed by atoms with Gasteiger partial charge in [-0.3, -0.25) is 4.79 Å². The summed E-state index contributed by atoms with van der Waals surface area (Å²) in [4.78, 5) is 21.8. The van der Waals surface area contributed by atoms with E-state index in [9.17, 15) is 9.59 Å². The minimum Gasteiger partial charge on any atom is -0.466 e. The van der Waals surface area contributed by atoms with Gasteiger partial charge in [0.15, 0.2) is 5.69 Å². The molecule has 1 rings (SSSR count). The van der Waals surface area contributed by atoms with Gasteiger partial charge in [-0.2, -0.15) is 0 Å². The Kier molecular flexibility index (Phi) is 5.19. The van der Waals surface area contributed by atoms with Gasteiger partial charge in [-0.25, -0.2) is 4.79 Å². The first-order valence-electron chi connectivity index (χ1n) is 5.39. The van der Waals surface area contributed by atoms with Crippen LogP contribution in [0.4, 0.5) is 0 Å². The quantitative estimate of drug-likeness (QED) is 0.552.